The van der Waals surface area contributed by atoms with Crippen molar-refractivity contribution in [2.24, 2.45) is 5.92 Å². The van der Waals surface area contributed by atoms with E-state index < -0.39 is 0 Å². The number of carbonyl (C=O) groups excluding carboxylic acids is 1. The van der Waals surface area contributed by atoms with E-state index in [1.165, 1.54) is 32.1 Å². The number of halogens is 1. The van der Waals surface area contributed by atoms with Gasteiger partial charge >= 0.3 is 0 Å². The number of benzene rings is 1. The maximum atomic E-state index is 12.3. The second-order valence-electron chi connectivity index (χ2n) is 5.72. The van der Waals surface area contributed by atoms with Gasteiger partial charge in [-0.2, -0.15) is 0 Å². The quantitative estimate of drug-likeness (QED) is 0.753. The summed E-state index contributed by atoms with van der Waals surface area (Å²) in [6, 6.07) is 7.70. The molecule has 1 saturated carbocycles. The van der Waals surface area contributed by atoms with Crippen molar-refractivity contribution in [1.82, 2.24) is 5.32 Å². The summed E-state index contributed by atoms with van der Waals surface area (Å²) in [5, 5.41) is 3.86. The van der Waals surface area contributed by atoms with Crippen molar-refractivity contribution in [3.8, 4) is 0 Å². The number of hydrogen-bond donors (Lipinski definition) is 1. The van der Waals surface area contributed by atoms with Gasteiger partial charge in [0.2, 0.25) is 5.91 Å². The standard InChI is InChI=1S/C17H24ClNOS/c1-2-16(21-15-10-8-14(18)9-11-15)17(20)19-12-13-6-4-3-5-7-13/h8-11,13,16H,2-7,12H2,1H3,(H,19,20). The lowest BCUT2D eigenvalue weighted by atomic mass is 9.89. The molecular weight excluding hydrogens is 302 g/mol. The first-order chi connectivity index (χ1) is 10.2. The molecule has 2 nitrogen and oxygen atoms in total. The third-order valence-electron chi connectivity index (χ3n) is 4.04. The van der Waals surface area contributed by atoms with Gasteiger partial charge in [-0.1, -0.05) is 37.8 Å². The lowest BCUT2D eigenvalue weighted by Gasteiger charge is -2.23. The van der Waals surface area contributed by atoms with Crippen molar-refractivity contribution in [1.29, 1.82) is 0 Å². The average Bonchev–Trinajstić information content (AvgIpc) is 2.53. The van der Waals surface area contributed by atoms with Crippen LogP contribution in [0.2, 0.25) is 5.02 Å². The highest BCUT2D eigenvalue weighted by atomic mass is 35.5. The van der Waals surface area contributed by atoms with E-state index in [-0.39, 0.29) is 11.2 Å². The Hall–Kier alpha value is -0.670. The van der Waals surface area contributed by atoms with Crippen LogP contribution in [0.25, 0.3) is 0 Å². The van der Waals surface area contributed by atoms with Crippen LogP contribution in [0.15, 0.2) is 29.2 Å². The minimum Gasteiger partial charge on any atom is -0.355 e. The Morgan fingerprint density at radius 2 is 1.95 bits per heavy atom. The summed E-state index contributed by atoms with van der Waals surface area (Å²) in [6.45, 7) is 2.91. The summed E-state index contributed by atoms with van der Waals surface area (Å²) >= 11 is 7.51. The number of nitrogens with one attached hydrogen (secondary N) is 1. The summed E-state index contributed by atoms with van der Waals surface area (Å²) in [4.78, 5) is 13.4. The summed E-state index contributed by atoms with van der Waals surface area (Å²) in [5.41, 5.74) is 0. The zero-order valence-electron chi connectivity index (χ0n) is 12.6. The molecule has 0 aromatic heterocycles. The molecule has 4 heteroatoms. The van der Waals surface area contributed by atoms with Gasteiger partial charge in [-0.3, -0.25) is 4.79 Å². The highest BCUT2D eigenvalue weighted by molar-refractivity contribution is 8.00. The lowest BCUT2D eigenvalue weighted by molar-refractivity contribution is -0.120. The van der Waals surface area contributed by atoms with E-state index in [0.29, 0.717) is 5.92 Å². The van der Waals surface area contributed by atoms with Crippen LogP contribution in [0.5, 0.6) is 0 Å². The fourth-order valence-electron chi connectivity index (χ4n) is 2.75. The SMILES string of the molecule is CCC(Sc1ccc(Cl)cc1)C(=O)NCC1CCCCC1. The number of thioether (sulfide) groups is 1. The summed E-state index contributed by atoms with van der Waals surface area (Å²) in [6.07, 6.45) is 7.36. The number of hydrogen-bond acceptors (Lipinski definition) is 2. The molecule has 1 atom stereocenters. The number of amides is 1. The van der Waals surface area contributed by atoms with E-state index in [9.17, 15) is 4.79 Å². The molecule has 1 aromatic rings. The molecule has 1 aliphatic carbocycles. The van der Waals surface area contributed by atoms with Crippen molar-refractivity contribution in [3.63, 3.8) is 0 Å². The van der Waals surface area contributed by atoms with E-state index in [1.807, 2.05) is 24.3 Å². The zero-order valence-corrected chi connectivity index (χ0v) is 14.2. The summed E-state index contributed by atoms with van der Waals surface area (Å²) in [5.74, 6) is 0.851. The van der Waals surface area contributed by atoms with Crippen LogP contribution >= 0.6 is 23.4 Å². The Labute approximate surface area is 137 Å². The van der Waals surface area contributed by atoms with E-state index in [1.54, 1.807) is 11.8 Å². The number of carbonyl (C=O) groups is 1. The van der Waals surface area contributed by atoms with Crippen molar-refractivity contribution in [2.45, 2.75) is 55.6 Å². The Kier molecular flexibility index (Phi) is 6.91. The van der Waals surface area contributed by atoms with E-state index in [4.69, 9.17) is 11.6 Å². The monoisotopic (exact) mass is 325 g/mol. The first kappa shape index (κ1) is 16.7. The minimum atomic E-state index is -0.0187. The fraction of sp³-hybridized carbons (Fsp3) is 0.588. The molecule has 116 valence electrons. The molecule has 1 aliphatic rings. The van der Waals surface area contributed by atoms with Gasteiger partial charge in [-0.25, -0.2) is 0 Å². The van der Waals surface area contributed by atoms with Gasteiger partial charge < -0.3 is 5.32 Å². The second kappa shape index (κ2) is 8.70. The smallest absolute Gasteiger partial charge is 0.233 e. The fourth-order valence-corrected chi connectivity index (χ4v) is 3.85. The minimum absolute atomic E-state index is 0.0187. The third kappa shape index (κ3) is 5.55. The van der Waals surface area contributed by atoms with Gasteiger partial charge in [-0.15, -0.1) is 11.8 Å². The zero-order chi connectivity index (χ0) is 15.1. The van der Waals surface area contributed by atoms with Gasteiger partial charge in [0.15, 0.2) is 0 Å². The van der Waals surface area contributed by atoms with Crippen molar-refractivity contribution in [2.75, 3.05) is 6.54 Å². The highest BCUT2D eigenvalue weighted by Crippen LogP contribution is 2.27. The molecular formula is C17H24ClNOS. The summed E-state index contributed by atoms with van der Waals surface area (Å²) < 4.78 is 0. The molecule has 0 aliphatic heterocycles. The van der Waals surface area contributed by atoms with Gasteiger partial charge in [0.05, 0.1) is 5.25 Å². The van der Waals surface area contributed by atoms with Crippen LogP contribution < -0.4 is 5.32 Å². The molecule has 21 heavy (non-hydrogen) atoms. The molecule has 1 fully saturated rings. The molecule has 1 aromatic carbocycles. The molecule has 0 heterocycles. The van der Waals surface area contributed by atoms with Crippen molar-refractivity contribution < 1.29 is 4.79 Å². The highest BCUT2D eigenvalue weighted by Gasteiger charge is 2.20. The third-order valence-corrected chi connectivity index (χ3v) is 5.67. The Morgan fingerprint density at radius 1 is 1.29 bits per heavy atom. The molecule has 1 amide bonds. The van der Waals surface area contributed by atoms with Gasteiger partial charge in [0.25, 0.3) is 0 Å². The first-order valence-corrected chi connectivity index (χ1v) is 9.14. The van der Waals surface area contributed by atoms with E-state index in [2.05, 4.69) is 12.2 Å². The van der Waals surface area contributed by atoms with Gasteiger partial charge in [-0.05, 0) is 49.4 Å². The van der Waals surface area contributed by atoms with Crippen LogP contribution in [-0.2, 0) is 4.79 Å². The normalized spacial score (nSPS) is 17.4. The molecule has 0 bridgehead atoms. The molecule has 0 saturated heterocycles. The average molecular weight is 326 g/mol. The maximum Gasteiger partial charge on any atom is 0.233 e. The summed E-state index contributed by atoms with van der Waals surface area (Å²) in [7, 11) is 0. The number of rotatable bonds is 6. The van der Waals surface area contributed by atoms with Crippen LogP contribution in [0.3, 0.4) is 0 Å². The van der Waals surface area contributed by atoms with Crippen LogP contribution in [0.1, 0.15) is 45.4 Å². The molecule has 1 N–H and O–H groups in total. The maximum absolute atomic E-state index is 12.3. The predicted octanol–water partition coefficient (Wildman–Crippen LogP) is 4.91. The predicted molar refractivity (Wildman–Crippen MR) is 91.0 cm³/mol. The van der Waals surface area contributed by atoms with Crippen LogP contribution in [0.4, 0.5) is 0 Å². The van der Waals surface area contributed by atoms with E-state index >= 15 is 0 Å². The van der Waals surface area contributed by atoms with Gasteiger partial charge in [0, 0.05) is 16.5 Å². The molecule has 0 radical (unpaired) electrons. The van der Waals surface area contributed by atoms with Crippen LogP contribution in [-0.4, -0.2) is 17.7 Å². The van der Waals surface area contributed by atoms with Crippen molar-refractivity contribution >= 4 is 29.3 Å². The molecule has 0 spiro atoms. The Balaban J connectivity index is 1.81. The topological polar surface area (TPSA) is 29.1 Å². The van der Waals surface area contributed by atoms with Crippen LogP contribution in [0, 0.1) is 5.92 Å². The first-order valence-electron chi connectivity index (χ1n) is 7.89. The second-order valence-corrected chi connectivity index (χ2v) is 7.43. The van der Waals surface area contributed by atoms with Gasteiger partial charge in [0.1, 0.15) is 0 Å². The van der Waals surface area contributed by atoms with E-state index in [0.717, 1.165) is 22.9 Å². The Morgan fingerprint density at radius 3 is 2.57 bits per heavy atom. The Bertz CT molecular complexity index is 443. The molecule has 1 unspecified atom stereocenters. The molecule has 2 rings (SSSR count). The largest absolute Gasteiger partial charge is 0.355 e. The van der Waals surface area contributed by atoms with Crippen molar-refractivity contribution in [3.05, 3.63) is 29.3 Å². The lowest BCUT2D eigenvalue weighted by Crippen LogP contribution is -2.36.